The lowest BCUT2D eigenvalue weighted by atomic mass is 10.2. The maximum absolute atomic E-state index is 11.2. The van der Waals surface area contributed by atoms with Gasteiger partial charge in [-0.15, -0.1) is 0 Å². The van der Waals surface area contributed by atoms with Crippen molar-refractivity contribution < 1.29 is 19.5 Å². The molecule has 0 unspecified atom stereocenters. The average molecular weight is 300 g/mol. The normalized spacial score (nSPS) is 10.8. The molecular formula is C14H12N4O4. The summed E-state index contributed by atoms with van der Waals surface area (Å²) in [5, 5.41) is 15.0. The highest BCUT2D eigenvalue weighted by molar-refractivity contribution is 6.41. The summed E-state index contributed by atoms with van der Waals surface area (Å²) in [7, 11) is 0. The Kier molecular flexibility index (Phi) is 5.14. The summed E-state index contributed by atoms with van der Waals surface area (Å²) in [4.78, 5) is 34.3. The molecule has 1 aromatic carbocycles. The molecule has 1 amide bonds. The van der Waals surface area contributed by atoms with Crippen LogP contribution in [0.15, 0.2) is 47.8 Å². The Hall–Kier alpha value is -3.29. The first-order valence-corrected chi connectivity index (χ1v) is 6.21. The van der Waals surface area contributed by atoms with Crippen molar-refractivity contribution in [2.75, 3.05) is 5.32 Å². The van der Waals surface area contributed by atoms with Gasteiger partial charge in [0.15, 0.2) is 5.82 Å². The Morgan fingerprint density at radius 2 is 2.09 bits per heavy atom. The Bertz CT molecular complexity index is 688. The van der Waals surface area contributed by atoms with E-state index >= 15 is 0 Å². The highest BCUT2D eigenvalue weighted by Gasteiger charge is 2.17. The molecule has 0 radical (unpaired) electrons. The number of nitrogens with zero attached hydrogens (tertiary/aromatic N) is 3. The molecule has 8 nitrogen and oxygen atoms in total. The zero-order chi connectivity index (χ0) is 15.8. The van der Waals surface area contributed by atoms with Crippen molar-refractivity contribution in [3.05, 3.63) is 54.0 Å². The van der Waals surface area contributed by atoms with Gasteiger partial charge in [0.25, 0.3) is 0 Å². The van der Waals surface area contributed by atoms with Crippen molar-refractivity contribution in [3.63, 3.8) is 0 Å². The van der Waals surface area contributed by atoms with Gasteiger partial charge < -0.3 is 15.3 Å². The number of hydrogen-bond donors (Lipinski definition) is 2. The zero-order valence-electron chi connectivity index (χ0n) is 11.3. The van der Waals surface area contributed by atoms with Gasteiger partial charge in [0.1, 0.15) is 12.4 Å². The van der Waals surface area contributed by atoms with E-state index in [4.69, 9.17) is 9.94 Å². The topological polar surface area (TPSA) is 114 Å². The molecule has 1 aromatic heterocycles. The van der Waals surface area contributed by atoms with Crippen LogP contribution in [-0.2, 0) is 21.0 Å². The van der Waals surface area contributed by atoms with Crippen molar-refractivity contribution in [1.82, 2.24) is 9.97 Å². The fourth-order valence-electron chi connectivity index (χ4n) is 1.53. The second-order valence-electron chi connectivity index (χ2n) is 4.03. The summed E-state index contributed by atoms with van der Waals surface area (Å²) in [5.74, 6) is -1.33. The van der Waals surface area contributed by atoms with E-state index in [-0.39, 0.29) is 18.2 Å². The van der Waals surface area contributed by atoms with Gasteiger partial charge in [0, 0.05) is 6.20 Å². The average Bonchev–Trinajstić information content (AvgIpc) is 2.53. The van der Waals surface area contributed by atoms with Crippen molar-refractivity contribution in [2.45, 2.75) is 6.61 Å². The number of nitrogens with one attached hydrogen (secondary N) is 1. The van der Waals surface area contributed by atoms with Crippen LogP contribution in [0, 0.1) is 0 Å². The van der Waals surface area contributed by atoms with E-state index in [0.29, 0.717) is 6.41 Å². The van der Waals surface area contributed by atoms with Gasteiger partial charge in [-0.2, -0.15) is 0 Å². The number of carbonyl (C=O) groups is 2. The van der Waals surface area contributed by atoms with E-state index in [9.17, 15) is 9.59 Å². The van der Waals surface area contributed by atoms with Crippen LogP contribution in [0.25, 0.3) is 0 Å². The number of hydrogen-bond acceptors (Lipinski definition) is 6. The Morgan fingerprint density at radius 1 is 1.32 bits per heavy atom. The van der Waals surface area contributed by atoms with Crippen LogP contribution in [0.4, 0.5) is 5.82 Å². The zero-order valence-corrected chi connectivity index (χ0v) is 11.3. The number of aliphatic carboxylic acids is 1. The number of rotatable bonds is 7. The van der Waals surface area contributed by atoms with E-state index < -0.39 is 11.7 Å². The number of benzene rings is 1. The van der Waals surface area contributed by atoms with E-state index in [1.165, 1.54) is 12.3 Å². The number of oxime groups is 1. The number of carbonyl (C=O) groups excluding carboxylic acids is 1. The minimum atomic E-state index is -1.34. The van der Waals surface area contributed by atoms with Gasteiger partial charge in [-0.1, -0.05) is 35.5 Å². The molecule has 2 aromatic rings. The summed E-state index contributed by atoms with van der Waals surface area (Å²) in [6, 6.07) is 10.6. The second-order valence-corrected chi connectivity index (χ2v) is 4.03. The molecule has 0 bridgehead atoms. The van der Waals surface area contributed by atoms with Gasteiger partial charge in [0.05, 0.1) is 0 Å². The summed E-state index contributed by atoms with van der Waals surface area (Å²) in [5.41, 5.74) is 0.388. The first-order chi connectivity index (χ1) is 10.7. The van der Waals surface area contributed by atoms with Crippen LogP contribution in [0.3, 0.4) is 0 Å². The fourth-order valence-corrected chi connectivity index (χ4v) is 1.53. The highest BCUT2D eigenvalue weighted by atomic mass is 16.6. The summed E-state index contributed by atoms with van der Waals surface area (Å²) < 4.78 is 0. The highest BCUT2D eigenvalue weighted by Crippen LogP contribution is 2.05. The van der Waals surface area contributed by atoms with Gasteiger partial charge in [-0.3, -0.25) is 4.79 Å². The van der Waals surface area contributed by atoms with Crippen LogP contribution in [0.1, 0.15) is 11.4 Å². The van der Waals surface area contributed by atoms with Crippen molar-refractivity contribution in [2.24, 2.45) is 5.16 Å². The number of anilines is 1. The molecule has 0 aliphatic heterocycles. The van der Waals surface area contributed by atoms with Gasteiger partial charge >= 0.3 is 5.97 Å². The van der Waals surface area contributed by atoms with Gasteiger partial charge in [-0.25, -0.2) is 14.8 Å². The summed E-state index contributed by atoms with van der Waals surface area (Å²) in [6.07, 6.45) is 1.74. The molecule has 0 aliphatic carbocycles. The third kappa shape index (κ3) is 4.10. The fraction of sp³-hybridized carbons (Fsp3) is 0.0714. The molecule has 0 saturated heterocycles. The molecular weight excluding hydrogens is 288 g/mol. The second kappa shape index (κ2) is 7.48. The lowest BCUT2D eigenvalue weighted by Crippen LogP contribution is -2.19. The van der Waals surface area contributed by atoms with E-state index in [1.54, 1.807) is 0 Å². The minimum Gasteiger partial charge on any atom is -0.476 e. The van der Waals surface area contributed by atoms with E-state index in [0.717, 1.165) is 5.56 Å². The van der Waals surface area contributed by atoms with Crippen LogP contribution in [0.2, 0.25) is 0 Å². The third-order valence-corrected chi connectivity index (χ3v) is 2.51. The molecule has 2 N–H and O–H groups in total. The largest absolute Gasteiger partial charge is 0.476 e. The summed E-state index contributed by atoms with van der Waals surface area (Å²) >= 11 is 0. The lowest BCUT2D eigenvalue weighted by molar-refractivity contribution is -0.129. The first-order valence-electron chi connectivity index (χ1n) is 6.21. The smallest absolute Gasteiger partial charge is 0.361 e. The quantitative estimate of drug-likeness (QED) is 0.449. The molecule has 0 saturated carbocycles. The third-order valence-electron chi connectivity index (χ3n) is 2.51. The number of aromatic nitrogens is 2. The minimum absolute atomic E-state index is 0.115. The van der Waals surface area contributed by atoms with Crippen molar-refractivity contribution >= 4 is 23.9 Å². The molecule has 0 fully saturated rings. The van der Waals surface area contributed by atoms with Crippen LogP contribution >= 0.6 is 0 Å². The number of carboxylic acid groups (broad SMARTS) is 1. The lowest BCUT2D eigenvalue weighted by Gasteiger charge is -2.03. The molecule has 112 valence electrons. The maximum atomic E-state index is 11.2. The molecule has 0 atom stereocenters. The van der Waals surface area contributed by atoms with Crippen LogP contribution in [0.5, 0.6) is 0 Å². The monoisotopic (exact) mass is 300 g/mol. The molecule has 8 heteroatoms. The Labute approximate surface area is 125 Å². The van der Waals surface area contributed by atoms with Crippen molar-refractivity contribution in [3.8, 4) is 0 Å². The molecule has 2 rings (SSSR count). The van der Waals surface area contributed by atoms with Gasteiger partial charge in [0.2, 0.25) is 12.1 Å². The van der Waals surface area contributed by atoms with E-state index in [2.05, 4.69) is 20.4 Å². The van der Waals surface area contributed by atoms with E-state index in [1.807, 2.05) is 30.3 Å². The number of amides is 1. The Balaban J connectivity index is 2.15. The van der Waals surface area contributed by atoms with Crippen LogP contribution in [-0.4, -0.2) is 33.2 Å². The van der Waals surface area contributed by atoms with Gasteiger partial charge in [-0.05, 0) is 11.6 Å². The Morgan fingerprint density at radius 3 is 2.77 bits per heavy atom. The molecule has 1 heterocycles. The molecule has 22 heavy (non-hydrogen) atoms. The predicted octanol–water partition coefficient (Wildman–Crippen LogP) is 1.05. The molecule has 0 spiro atoms. The molecule has 0 aliphatic rings. The number of carboxylic acids is 1. The van der Waals surface area contributed by atoms with Crippen LogP contribution < -0.4 is 5.32 Å². The standard InChI is InChI=1S/C14H12N4O4/c19-9-16-11-6-7-15-13(17-11)12(14(20)21)18-22-8-10-4-2-1-3-5-10/h1-7,9H,8H2,(H,20,21)(H,15,16,17,19). The predicted molar refractivity (Wildman–Crippen MR) is 77.1 cm³/mol. The first kappa shape index (κ1) is 15.1. The SMILES string of the molecule is O=CNc1ccnc(C(=NOCc2ccccc2)C(=O)O)n1. The van der Waals surface area contributed by atoms with Crippen molar-refractivity contribution in [1.29, 1.82) is 0 Å². The maximum Gasteiger partial charge on any atom is 0.361 e. The summed E-state index contributed by atoms with van der Waals surface area (Å²) in [6.45, 7) is 0.115.